The van der Waals surface area contributed by atoms with E-state index < -0.39 is 17.1 Å². The number of benzene rings is 1. The van der Waals surface area contributed by atoms with Gasteiger partial charge in [0.15, 0.2) is 0 Å². The number of hydrogen-bond acceptors (Lipinski definition) is 5. The minimum Gasteiger partial charge on any atom is -0.461 e. The van der Waals surface area contributed by atoms with Gasteiger partial charge in [-0.05, 0) is 45.3 Å². The molecule has 144 valence electrons. The molecule has 0 bridgehead atoms. The summed E-state index contributed by atoms with van der Waals surface area (Å²) in [5.74, 6) is -0.360. The van der Waals surface area contributed by atoms with Gasteiger partial charge >= 0.3 is 11.7 Å². The molecule has 3 rings (SSSR count). The van der Waals surface area contributed by atoms with Crippen molar-refractivity contribution in [2.24, 2.45) is 0 Å². The molecule has 1 aliphatic heterocycles. The zero-order chi connectivity index (χ0) is 19.4. The molecule has 0 amide bonds. The van der Waals surface area contributed by atoms with Crippen LogP contribution >= 0.6 is 0 Å². The van der Waals surface area contributed by atoms with Gasteiger partial charge in [0.2, 0.25) is 0 Å². The van der Waals surface area contributed by atoms with Crippen LogP contribution in [0.15, 0.2) is 35.1 Å². The number of carbonyl (C=O) groups excluding carboxylic acids is 2. The lowest BCUT2D eigenvalue weighted by Gasteiger charge is -2.40. The Morgan fingerprint density at radius 2 is 1.81 bits per heavy atom. The van der Waals surface area contributed by atoms with Gasteiger partial charge in [-0.1, -0.05) is 30.3 Å². The highest BCUT2D eigenvalue weighted by molar-refractivity contribution is 5.89. The third-order valence-corrected chi connectivity index (χ3v) is 5.38. The Labute approximate surface area is 157 Å². The SMILES string of the molecule is CCOC(=O)c1[nH]c(=O)[nH]c1CN1CCC(C(C)=O)(c2ccccc2)CC1. The molecule has 0 radical (unpaired) electrons. The number of aromatic amines is 2. The molecule has 2 N–H and O–H groups in total. The molecule has 1 aliphatic rings. The summed E-state index contributed by atoms with van der Waals surface area (Å²) in [4.78, 5) is 43.5. The Bertz CT molecular complexity index is 861. The van der Waals surface area contributed by atoms with E-state index in [9.17, 15) is 14.4 Å². The molecule has 0 atom stereocenters. The van der Waals surface area contributed by atoms with Crippen molar-refractivity contribution in [3.8, 4) is 0 Å². The van der Waals surface area contributed by atoms with Crippen LogP contribution in [0.25, 0.3) is 0 Å². The van der Waals surface area contributed by atoms with Gasteiger partial charge < -0.3 is 9.72 Å². The van der Waals surface area contributed by atoms with Crippen molar-refractivity contribution in [2.75, 3.05) is 19.7 Å². The number of likely N-dealkylation sites (tertiary alicyclic amines) is 1. The van der Waals surface area contributed by atoms with E-state index >= 15 is 0 Å². The first-order chi connectivity index (χ1) is 13.0. The van der Waals surface area contributed by atoms with E-state index in [0.717, 1.165) is 5.56 Å². The molecule has 0 spiro atoms. The monoisotopic (exact) mass is 371 g/mol. The van der Waals surface area contributed by atoms with Crippen LogP contribution in [0.3, 0.4) is 0 Å². The van der Waals surface area contributed by atoms with Crippen molar-refractivity contribution < 1.29 is 14.3 Å². The molecule has 0 unspecified atom stereocenters. The minimum absolute atomic E-state index is 0.174. The van der Waals surface area contributed by atoms with E-state index in [4.69, 9.17) is 4.74 Å². The molecule has 27 heavy (non-hydrogen) atoms. The second-order valence-corrected chi connectivity index (χ2v) is 6.93. The van der Waals surface area contributed by atoms with E-state index in [2.05, 4.69) is 14.9 Å². The lowest BCUT2D eigenvalue weighted by atomic mass is 9.70. The van der Waals surface area contributed by atoms with Crippen molar-refractivity contribution >= 4 is 11.8 Å². The average molecular weight is 371 g/mol. The van der Waals surface area contributed by atoms with Gasteiger partial charge in [0.1, 0.15) is 11.5 Å². The van der Waals surface area contributed by atoms with Gasteiger partial charge in [0.25, 0.3) is 0 Å². The largest absolute Gasteiger partial charge is 0.461 e. The van der Waals surface area contributed by atoms with Crippen LogP contribution in [0.1, 0.15) is 48.4 Å². The quantitative estimate of drug-likeness (QED) is 0.758. The van der Waals surface area contributed by atoms with E-state index in [1.165, 1.54) is 0 Å². The normalized spacial score (nSPS) is 16.8. The Morgan fingerprint density at radius 3 is 2.41 bits per heavy atom. The summed E-state index contributed by atoms with van der Waals surface area (Å²) in [6.07, 6.45) is 1.41. The second-order valence-electron chi connectivity index (χ2n) is 6.93. The van der Waals surface area contributed by atoms with Crippen molar-refractivity contribution in [1.29, 1.82) is 0 Å². The highest BCUT2D eigenvalue weighted by Crippen LogP contribution is 2.36. The highest BCUT2D eigenvalue weighted by Gasteiger charge is 2.40. The van der Waals surface area contributed by atoms with Crippen molar-refractivity contribution in [2.45, 2.75) is 38.6 Å². The first kappa shape index (κ1) is 19.1. The maximum atomic E-state index is 12.5. The molecule has 2 heterocycles. The van der Waals surface area contributed by atoms with Crippen molar-refractivity contribution in [3.63, 3.8) is 0 Å². The second kappa shape index (κ2) is 7.92. The highest BCUT2D eigenvalue weighted by atomic mass is 16.5. The van der Waals surface area contributed by atoms with Gasteiger partial charge in [0.05, 0.1) is 17.7 Å². The molecule has 0 saturated carbocycles. The zero-order valence-corrected chi connectivity index (χ0v) is 15.7. The van der Waals surface area contributed by atoms with Crippen LogP contribution < -0.4 is 5.69 Å². The summed E-state index contributed by atoms with van der Waals surface area (Å²) in [5, 5.41) is 0. The molecule has 7 nitrogen and oxygen atoms in total. The van der Waals surface area contributed by atoms with E-state index in [-0.39, 0.29) is 18.1 Å². The number of imidazole rings is 1. The Morgan fingerprint density at radius 1 is 1.15 bits per heavy atom. The van der Waals surface area contributed by atoms with E-state index in [0.29, 0.717) is 38.2 Å². The third-order valence-electron chi connectivity index (χ3n) is 5.38. The molecule has 7 heteroatoms. The Balaban J connectivity index is 1.74. The van der Waals surface area contributed by atoms with Crippen LogP contribution in [0, 0.1) is 0 Å². The number of nitrogens with zero attached hydrogens (tertiary/aromatic N) is 1. The number of ketones is 1. The van der Waals surface area contributed by atoms with Crippen LogP contribution in [-0.4, -0.2) is 46.3 Å². The van der Waals surface area contributed by atoms with Gasteiger partial charge in [-0.2, -0.15) is 0 Å². The van der Waals surface area contributed by atoms with Gasteiger partial charge in [-0.15, -0.1) is 0 Å². The first-order valence-corrected chi connectivity index (χ1v) is 9.23. The molecule has 1 aromatic heterocycles. The van der Waals surface area contributed by atoms with Crippen LogP contribution in [0.4, 0.5) is 0 Å². The van der Waals surface area contributed by atoms with Crippen molar-refractivity contribution in [1.82, 2.24) is 14.9 Å². The minimum atomic E-state index is -0.537. The number of esters is 1. The predicted molar refractivity (Wildman–Crippen MR) is 101 cm³/mol. The van der Waals surface area contributed by atoms with Gasteiger partial charge in [-0.3, -0.25) is 14.7 Å². The van der Waals surface area contributed by atoms with Crippen LogP contribution in [0.5, 0.6) is 0 Å². The zero-order valence-electron chi connectivity index (χ0n) is 15.7. The number of carbonyl (C=O) groups is 2. The molecule has 1 fully saturated rings. The number of hydrogen-bond donors (Lipinski definition) is 2. The van der Waals surface area contributed by atoms with E-state index in [1.54, 1.807) is 13.8 Å². The fourth-order valence-corrected chi connectivity index (χ4v) is 3.83. The number of aromatic nitrogens is 2. The molecule has 1 saturated heterocycles. The molecular weight excluding hydrogens is 346 g/mol. The maximum Gasteiger partial charge on any atom is 0.356 e. The van der Waals surface area contributed by atoms with E-state index in [1.807, 2.05) is 30.3 Å². The summed E-state index contributed by atoms with van der Waals surface area (Å²) in [6.45, 7) is 5.44. The number of H-pyrrole nitrogens is 2. The molecule has 1 aromatic carbocycles. The molecule has 0 aliphatic carbocycles. The van der Waals surface area contributed by atoms with Crippen LogP contribution in [0.2, 0.25) is 0 Å². The first-order valence-electron chi connectivity index (χ1n) is 9.23. The topological polar surface area (TPSA) is 95.3 Å². The number of ether oxygens (including phenoxy) is 1. The Hall–Kier alpha value is -2.67. The number of Topliss-reactive ketones (excluding diaryl/α,β-unsaturated/α-hetero) is 1. The Kier molecular flexibility index (Phi) is 5.60. The average Bonchev–Trinajstić information content (AvgIpc) is 3.03. The molecular formula is C20H25N3O4. The lowest BCUT2D eigenvalue weighted by molar-refractivity contribution is -0.124. The summed E-state index contributed by atoms with van der Waals surface area (Å²) < 4.78 is 5.00. The fourth-order valence-electron chi connectivity index (χ4n) is 3.83. The van der Waals surface area contributed by atoms with Crippen molar-refractivity contribution in [3.05, 3.63) is 57.8 Å². The lowest BCUT2D eigenvalue weighted by Crippen LogP contribution is -2.46. The summed E-state index contributed by atoms with van der Waals surface area (Å²) in [5.41, 5.74) is 0.862. The maximum absolute atomic E-state index is 12.5. The van der Waals surface area contributed by atoms with Gasteiger partial charge in [0, 0.05) is 6.54 Å². The van der Waals surface area contributed by atoms with Gasteiger partial charge in [-0.25, -0.2) is 9.59 Å². The third kappa shape index (κ3) is 3.88. The summed E-state index contributed by atoms with van der Waals surface area (Å²) in [6, 6.07) is 9.90. The number of nitrogens with one attached hydrogen (secondary N) is 2. The molecule has 2 aromatic rings. The number of rotatable bonds is 6. The predicted octanol–water partition coefficient (Wildman–Crippen LogP) is 2.00. The standard InChI is InChI=1S/C20H25N3O4/c1-3-27-18(25)17-16(21-19(26)22-17)13-23-11-9-20(10-12-23,14(2)24)15-7-5-4-6-8-15/h4-8H,3,9-13H2,1-2H3,(H2,21,22,26). The van der Waals surface area contributed by atoms with Crippen LogP contribution in [-0.2, 0) is 21.5 Å². The smallest absolute Gasteiger partial charge is 0.356 e. The summed E-state index contributed by atoms with van der Waals surface area (Å²) >= 11 is 0. The summed E-state index contributed by atoms with van der Waals surface area (Å²) in [7, 11) is 0. The number of piperidine rings is 1. The fraction of sp³-hybridized carbons (Fsp3) is 0.450.